The maximum Gasteiger partial charge on any atom is 0.326 e. The smallest absolute Gasteiger partial charge is 0.326 e. The molecule has 0 saturated heterocycles. The first-order chi connectivity index (χ1) is 20.5. The predicted octanol–water partition coefficient (Wildman–Crippen LogP) is 1.13. The van der Waals surface area contributed by atoms with E-state index >= 15 is 0 Å². The van der Waals surface area contributed by atoms with Crippen LogP contribution in [0.15, 0.2) is 60.8 Å². The van der Waals surface area contributed by atoms with Gasteiger partial charge in [-0.2, -0.15) is 0 Å². The van der Waals surface area contributed by atoms with E-state index in [1.54, 1.807) is 37.4 Å². The number of aromatic nitrogens is 1. The molecule has 230 valence electrons. The quantitative estimate of drug-likeness (QED) is 0.129. The highest BCUT2D eigenvalue weighted by atomic mass is 16.4. The molecule has 5 unspecified atom stereocenters. The van der Waals surface area contributed by atoms with Crippen molar-refractivity contribution >= 4 is 40.5 Å². The number of aliphatic carboxylic acids is 1. The Labute approximate surface area is 250 Å². The zero-order valence-corrected chi connectivity index (χ0v) is 24.3. The second-order valence-electron chi connectivity index (χ2n) is 10.7. The highest BCUT2D eigenvalue weighted by Crippen LogP contribution is 2.19. The molecule has 0 radical (unpaired) electrons. The molecule has 2 aromatic carbocycles. The van der Waals surface area contributed by atoms with Gasteiger partial charge in [0.2, 0.25) is 23.6 Å². The first kappa shape index (κ1) is 32.8. The van der Waals surface area contributed by atoms with Crippen LogP contribution in [0.4, 0.5) is 0 Å². The van der Waals surface area contributed by atoms with Crippen molar-refractivity contribution in [2.75, 3.05) is 0 Å². The van der Waals surface area contributed by atoms with Crippen molar-refractivity contribution in [1.29, 1.82) is 0 Å². The van der Waals surface area contributed by atoms with Crippen molar-refractivity contribution in [3.05, 3.63) is 71.9 Å². The molecule has 9 N–H and O–H groups in total. The molecule has 12 nitrogen and oxygen atoms in total. The van der Waals surface area contributed by atoms with Gasteiger partial charge < -0.3 is 37.5 Å². The highest BCUT2D eigenvalue weighted by Gasteiger charge is 2.33. The summed E-state index contributed by atoms with van der Waals surface area (Å²) in [6.07, 6.45) is 2.27. The molecule has 0 aliphatic carbocycles. The summed E-state index contributed by atoms with van der Waals surface area (Å²) in [4.78, 5) is 66.3. The van der Waals surface area contributed by atoms with Crippen LogP contribution in [0.2, 0.25) is 0 Å². The van der Waals surface area contributed by atoms with E-state index in [0.29, 0.717) is 6.42 Å². The Morgan fingerprint density at radius 3 is 2.16 bits per heavy atom. The van der Waals surface area contributed by atoms with Crippen molar-refractivity contribution in [3.63, 3.8) is 0 Å². The minimum absolute atomic E-state index is 0.00570. The molecule has 3 rings (SSSR count). The molecule has 1 aromatic heterocycles. The number of carboxylic acid groups (broad SMARTS) is 1. The van der Waals surface area contributed by atoms with Gasteiger partial charge in [0.25, 0.3) is 0 Å². The Morgan fingerprint density at radius 2 is 1.51 bits per heavy atom. The summed E-state index contributed by atoms with van der Waals surface area (Å²) in [5.74, 6) is -4.12. The predicted molar refractivity (Wildman–Crippen MR) is 161 cm³/mol. The minimum Gasteiger partial charge on any atom is -0.480 e. The van der Waals surface area contributed by atoms with Crippen LogP contribution >= 0.6 is 0 Å². The lowest BCUT2D eigenvalue weighted by molar-refractivity contribution is -0.142. The Balaban J connectivity index is 1.78. The molecular formula is C31H40N6O6. The third-order valence-electron chi connectivity index (χ3n) is 7.46. The Morgan fingerprint density at radius 1 is 0.860 bits per heavy atom. The van der Waals surface area contributed by atoms with E-state index in [4.69, 9.17) is 11.5 Å². The van der Waals surface area contributed by atoms with Crippen LogP contribution in [0, 0.1) is 5.92 Å². The lowest BCUT2D eigenvalue weighted by atomic mass is 9.96. The van der Waals surface area contributed by atoms with Crippen LogP contribution in [0.3, 0.4) is 0 Å². The second kappa shape index (κ2) is 15.5. The number of carbonyl (C=O) groups is 5. The first-order valence-electron chi connectivity index (χ1n) is 14.3. The standard InChI is InChI=1S/C31H40N6O6/c1-3-18(2)27(30(41)36-25(31(42)43)16-20-17-34-23-12-8-7-11-21(20)23)37-29(40)24(15-19-9-5-4-6-10-19)35-28(39)22(32)13-14-26(33)38/h4-12,17-18,22,24-25,27,34H,3,13-16,32H2,1-2H3,(H2,33,38)(H,35,39)(H,36,41)(H,37,40)(H,42,43). The monoisotopic (exact) mass is 592 g/mol. The molecule has 5 atom stereocenters. The number of para-hydroxylation sites is 1. The normalized spacial score (nSPS) is 14.6. The molecule has 0 bridgehead atoms. The van der Waals surface area contributed by atoms with Gasteiger partial charge in [-0.3, -0.25) is 19.2 Å². The summed E-state index contributed by atoms with van der Waals surface area (Å²) in [5, 5.41) is 18.8. The number of aromatic amines is 1. The fraction of sp³-hybridized carbons (Fsp3) is 0.387. The van der Waals surface area contributed by atoms with Crippen LogP contribution in [0.25, 0.3) is 10.9 Å². The van der Waals surface area contributed by atoms with E-state index in [0.717, 1.165) is 22.0 Å². The summed E-state index contributed by atoms with van der Waals surface area (Å²) < 4.78 is 0. The van der Waals surface area contributed by atoms with Crippen LogP contribution < -0.4 is 27.4 Å². The first-order valence-corrected chi connectivity index (χ1v) is 14.3. The van der Waals surface area contributed by atoms with Gasteiger partial charge in [-0.05, 0) is 29.5 Å². The summed E-state index contributed by atoms with van der Waals surface area (Å²) in [6, 6.07) is 11.9. The summed E-state index contributed by atoms with van der Waals surface area (Å²) >= 11 is 0. The van der Waals surface area contributed by atoms with Crippen molar-refractivity contribution in [2.45, 2.75) is 70.1 Å². The van der Waals surface area contributed by atoms with Gasteiger partial charge in [0.05, 0.1) is 6.04 Å². The average Bonchev–Trinajstić information content (AvgIpc) is 3.40. The topological polar surface area (TPSA) is 209 Å². The second-order valence-corrected chi connectivity index (χ2v) is 10.7. The third kappa shape index (κ3) is 9.40. The zero-order valence-electron chi connectivity index (χ0n) is 24.3. The number of nitrogens with two attached hydrogens (primary N) is 2. The molecular weight excluding hydrogens is 552 g/mol. The van der Waals surface area contributed by atoms with Gasteiger partial charge in [-0.15, -0.1) is 0 Å². The van der Waals surface area contributed by atoms with Gasteiger partial charge in [-0.25, -0.2) is 4.79 Å². The van der Waals surface area contributed by atoms with Crippen molar-refractivity contribution in [1.82, 2.24) is 20.9 Å². The summed E-state index contributed by atoms with van der Waals surface area (Å²) in [7, 11) is 0. The van der Waals surface area contributed by atoms with Gasteiger partial charge in [0.1, 0.15) is 18.1 Å². The zero-order chi connectivity index (χ0) is 31.5. The van der Waals surface area contributed by atoms with Gasteiger partial charge in [0, 0.05) is 36.4 Å². The van der Waals surface area contributed by atoms with Gasteiger partial charge in [-0.1, -0.05) is 68.8 Å². The third-order valence-corrected chi connectivity index (χ3v) is 7.46. The fourth-order valence-corrected chi connectivity index (χ4v) is 4.70. The maximum absolute atomic E-state index is 13.6. The van der Waals surface area contributed by atoms with Crippen LogP contribution in [-0.2, 0) is 36.8 Å². The lowest BCUT2D eigenvalue weighted by Gasteiger charge is -2.28. The number of hydrogen-bond donors (Lipinski definition) is 7. The van der Waals surface area contributed by atoms with Crippen LogP contribution in [0.1, 0.15) is 44.2 Å². The Hall–Kier alpha value is -4.71. The molecule has 0 aliphatic heterocycles. The van der Waals surface area contributed by atoms with E-state index in [-0.39, 0.29) is 31.6 Å². The summed E-state index contributed by atoms with van der Waals surface area (Å²) in [5.41, 5.74) is 13.4. The molecule has 3 aromatic rings. The molecule has 0 aliphatic rings. The van der Waals surface area contributed by atoms with Crippen LogP contribution in [-0.4, -0.2) is 63.9 Å². The van der Waals surface area contributed by atoms with E-state index in [2.05, 4.69) is 20.9 Å². The summed E-state index contributed by atoms with van der Waals surface area (Å²) in [6.45, 7) is 3.61. The van der Waals surface area contributed by atoms with Crippen LogP contribution in [0.5, 0.6) is 0 Å². The number of amides is 4. The van der Waals surface area contributed by atoms with E-state index in [1.165, 1.54) is 0 Å². The van der Waals surface area contributed by atoms with E-state index in [9.17, 15) is 29.1 Å². The number of hydrogen-bond acceptors (Lipinski definition) is 6. The maximum atomic E-state index is 13.6. The van der Waals surface area contributed by atoms with E-state index in [1.807, 2.05) is 37.3 Å². The van der Waals surface area contributed by atoms with Gasteiger partial charge in [0.15, 0.2) is 0 Å². The minimum atomic E-state index is -1.25. The van der Waals surface area contributed by atoms with Crippen molar-refractivity contribution in [3.8, 4) is 0 Å². The highest BCUT2D eigenvalue weighted by molar-refractivity contribution is 5.94. The Kier molecular flexibility index (Phi) is 11.8. The Bertz CT molecular complexity index is 1420. The average molecular weight is 593 g/mol. The molecule has 12 heteroatoms. The number of rotatable bonds is 16. The largest absolute Gasteiger partial charge is 0.480 e. The van der Waals surface area contributed by atoms with Crippen molar-refractivity contribution in [2.24, 2.45) is 17.4 Å². The molecule has 0 spiro atoms. The number of benzene rings is 2. The SMILES string of the molecule is CCC(C)C(NC(=O)C(Cc1ccccc1)NC(=O)C(N)CCC(N)=O)C(=O)NC(Cc1c[nH]c2ccccc12)C(=O)O. The number of nitrogens with one attached hydrogen (secondary N) is 4. The number of fused-ring (bicyclic) bond motifs is 1. The molecule has 1 heterocycles. The molecule has 4 amide bonds. The van der Waals surface area contributed by atoms with Gasteiger partial charge >= 0.3 is 5.97 Å². The van der Waals surface area contributed by atoms with Crippen molar-refractivity contribution < 1.29 is 29.1 Å². The molecule has 43 heavy (non-hydrogen) atoms. The number of carboxylic acids is 1. The van der Waals surface area contributed by atoms with E-state index < -0.39 is 53.8 Å². The molecule has 0 saturated carbocycles. The lowest BCUT2D eigenvalue weighted by Crippen LogP contribution is -2.59. The number of carbonyl (C=O) groups excluding carboxylic acids is 4. The number of primary amides is 1. The fourth-order valence-electron chi connectivity index (χ4n) is 4.70. The number of H-pyrrole nitrogens is 1. The molecule has 0 fully saturated rings.